The lowest BCUT2D eigenvalue weighted by Crippen LogP contribution is -2.74. The first kappa shape index (κ1) is 46.9. The summed E-state index contributed by atoms with van der Waals surface area (Å²) in [7, 11) is -2.85. The third kappa shape index (κ3) is 7.96. The van der Waals surface area contributed by atoms with Gasteiger partial charge in [-0.25, -0.2) is 0 Å². The quantitative estimate of drug-likeness (QED) is 0.104. The van der Waals surface area contributed by atoms with E-state index in [4.69, 9.17) is 0 Å². The van der Waals surface area contributed by atoms with Crippen LogP contribution >= 0.6 is 0 Å². The zero-order valence-electron chi connectivity index (χ0n) is 43.9. The van der Waals surface area contributed by atoms with Crippen molar-refractivity contribution >= 4 is 89.5 Å². The molecule has 0 saturated heterocycles. The van der Waals surface area contributed by atoms with Crippen LogP contribution < -0.4 is 25.6 Å². The van der Waals surface area contributed by atoms with Gasteiger partial charge in [0.25, 0.3) is 0 Å². The van der Waals surface area contributed by atoms with Gasteiger partial charge in [0.05, 0.1) is 22.1 Å². The monoisotopic (exact) mass is 973 g/mol. The Morgan fingerprint density at radius 3 is 1.04 bits per heavy atom. The summed E-state index contributed by atoms with van der Waals surface area (Å²) in [5.41, 5.74) is 15.6. The Morgan fingerprint density at radius 2 is 0.662 bits per heavy atom. The minimum absolute atomic E-state index is 0.0258. The number of nitrogens with zero attached hydrogens (tertiary/aromatic N) is 3. The number of aryl methyl sites for hydroxylation is 2. The topological polar surface area (TPSA) is 13.1 Å². The molecule has 12 rings (SSSR count). The molecule has 0 unspecified atom stereocenters. The number of hydrogen-bond donors (Lipinski definition) is 0. The van der Waals surface area contributed by atoms with E-state index in [1.165, 1.54) is 86.6 Å². The minimum atomic E-state index is -2.85. The summed E-state index contributed by atoms with van der Waals surface area (Å²) in [5.74, 6) is 0. The van der Waals surface area contributed by atoms with Gasteiger partial charge in [-0.2, -0.15) is 0 Å². The van der Waals surface area contributed by atoms with E-state index in [9.17, 15) is 0 Å². The lowest BCUT2D eigenvalue weighted by atomic mass is 9.85. The Kier molecular flexibility index (Phi) is 11.5. The summed E-state index contributed by atoms with van der Waals surface area (Å²) >= 11 is 0. The van der Waals surface area contributed by atoms with E-state index in [2.05, 4.69) is 306 Å². The van der Waals surface area contributed by atoms with Gasteiger partial charge in [-0.1, -0.05) is 180 Å². The van der Waals surface area contributed by atoms with Crippen molar-refractivity contribution in [3.63, 3.8) is 0 Å². The maximum absolute atomic E-state index is 2.85. The standard InChI is InChI=1S/C70H63N3Si/c1-48-27-39-65-61(43-48)62-44-49(2)28-40-66(62)72(65)54-35-31-52(32-36-54)71(56-19-18-26-60(47-56)74(57-20-12-9-13-21-57,58-22-14-10-15-23-58)59-24-16-11-17-25-59)53-33-37-55(38-34-53)73-67-41-29-50(69(3,4)5)45-63(67)64-46-51(70(6,7)8)30-42-68(64)73/h9-47H,1-8H3. The van der Waals surface area contributed by atoms with Gasteiger partial charge < -0.3 is 14.0 Å². The second kappa shape index (κ2) is 18.1. The summed E-state index contributed by atoms with van der Waals surface area (Å²) in [4.78, 5) is 2.45. The highest BCUT2D eigenvalue weighted by atomic mass is 28.3. The first-order valence-corrected chi connectivity index (χ1v) is 28.2. The summed E-state index contributed by atoms with van der Waals surface area (Å²) in [5, 5.41) is 10.5. The highest BCUT2D eigenvalue weighted by molar-refractivity contribution is 7.19. The minimum Gasteiger partial charge on any atom is -0.311 e. The Labute approximate surface area is 437 Å². The molecule has 0 aliphatic heterocycles. The molecule has 4 heteroatoms. The molecule has 0 amide bonds. The smallest absolute Gasteiger partial charge is 0.179 e. The molecule has 0 aliphatic rings. The van der Waals surface area contributed by atoms with Gasteiger partial charge in [-0.3, -0.25) is 0 Å². The van der Waals surface area contributed by atoms with E-state index in [1.54, 1.807) is 0 Å². The van der Waals surface area contributed by atoms with E-state index >= 15 is 0 Å². The highest BCUT2D eigenvalue weighted by Gasteiger charge is 2.41. The van der Waals surface area contributed by atoms with Crippen LogP contribution in [0.1, 0.15) is 63.8 Å². The molecule has 0 fully saturated rings. The predicted octanol–water partition coefficient (Wildman–Crippen LogP) is 15.9. The lowest BCUT2D eigenvalue weighted by molar-refractivity contribution is 0.590. The zero-order valence-corrected chi connectivity index (χ0v) is 44.9. The summed E-state index contributed by atoms with van der Waals surface area (Å²) in [6.45, 7) is 18.2. The van der Waals surface area contributed by atoms with Crippen molar-refractivity contribution in [2.24, 2.45) is 0 Å². The molecule has 3 nitrogen and oxygen atoms in total. The molecule has 12 aromatic rings. The first-order chi connectivity index (χ1) is 35.8. The number of benzene rings is 10. The molecule has 2 aromatic heterocycles. The average Bonchev–Trinajstić information content (AvgIpc) is 3.91. The molecule has 0 radical (unpaired) electrons. The van der Waals surface area contributed by atoms with Crippen LogP contribution in [0.3, 0.4) is 0 Å². The fourth-order valence-corrected chi connectivity index (χ4v) is 16.4. The summed E-state index contributed by atoms with van der Waals surface area (Å²) in [6.07, 6.45) is 0. The third-order valence-corrected chi connectivity index (χ3v) is 20.2. The van der Waals surface area contributed by atoms with Crippen molar-refractivity contribution in [1.29, 1.82) is 0 Å². The first-order valence-electron chi connectivity index (χ1n) is 26.2. The molecule has 74 heavy (non-hydrogen) atoms. The van der Waals surface area contributed by atoms with E-state index in [-0.39, 0.29) is 10.8 Å². The fourth-order valence-electron chi connectivity index (χ4n) is 11.7. The molecule has 362 valence electrons. The van der Waals surface area contributed by atoms with Crippen LogP contribution in [0.4, 0.5) is 17.1 Å². The molecular formula is C70H63N3Si. The normalized spacial score (nSPS) is 12.3. The zero-order chi connectivity index (χ0) is 50.9. The van der Waals surface area contributed by atoms with Crippen LogP contribution in [0.25, 0.3) is 55.0 Å². The molecule has 10 aromatic carbocycles. The largest absolute Gasteiger partial charge is 0.311 e. The average molecular weight is 974 g/mol. The van der Waals surface area contributed by atoms with Gasteiger partial charge in [0.15, 0.2) is 8.07 Å². The van der Waals surface area contributed by atoms with Crippen molar-refractivity contribution < 1.29 is 0 Å². The number of fused-ring (bicyclic) bond motifs is 6. The molecule has 0 spiro atoms. The Morgan fingerprint density at radius 1 is 0.311 bits per heavy atom. The van der Waals surface area contributed by atoms with Gasteiger partial charge in [0, 0.05) is 50.0 Å². The van der Waals surface area contributed by atoms with Crippen molar-refractivity contribution in [2.75, 3.05) is 4.90 Å². The SMILES string of the molecule is Cc1ccc2c(c1)c1cc(C)ccc1n2-c1ccc(N(c2ccc(-n3c4ccc(C(C)(C)C)cc4c4cc(C(C)(C)C)ccc43)cc2)c2cccc([Si](c3ccccc3)(c3ccccc3)c3ccccc3)c2)cc1. The summed E-state index contributed by atoms with van der Waals surface area (Å²) < 4.78 is 4.88. The van der Waals surface area contributed by atoms with Crippen molar-refractivity contribution in [2.45, 2.75) is 66.2 Å². The number of rotatable bonds is 9. The molecule has 0 aliphatic carbocycles. The molecular weight excluding hydrogens is 911 g/mol. The highest BCUT2D eigenvalue weighted by Crippen LogP contribution is 2.41. The van der Waals surface area contributed by atoms with E-state index in [0.717, 1.165) is 28.4 Å². The van der Waals surface area contributed by atoms with Crippen LogP contribution in [-0.2, 0) is 10.8 Å². The second-order valence-electron chi connectivity index (χ2n) is 22.4. The van der Waals surface area contributed by atoms with Gasteiger partial charge >= 0.3 is 0 Å². The molecule has 2 heterocycles. The molecule has 0 bridgehead atoms. The molecule has 0 N–H and O–H groups in total. The Hall–Kier alpha value is -8.18. The van der Waals surface area contributed by atoms with Crippen LogP contribution in [0.2, 0.25) is 0 Å². The van der Waals surface area contributed by atoms with Crippen LogP contribution in [0.15, 0.2) is 237 Å². The summed E-state index contributed by atoms with van der Waals surface area (Å²) in [6, 6.07) is 89.4. The Bertz CT molecular complexity index is 3790. The molecule has 0 atom stereocenters. The van der Waals surface area contributed by atoms with Gasteiger partial charge in [-0.05, 0) is 166 Å². The number of hydrogen-bond acceptors (Lipinski definition) is 1. The van der Waals surface area contributed by atoms with Gasteiger partial charge in [0.1, 0.15) is 0 Å². The van der Waals surface area contributed by atoms with E-state index in [1.807, 2.05) is 0 Å². The number of aromatic nitrogens is 2. The van der Waals surface area contributed by atoms with Crippen molar-refractivity contribution in [1.82, 2.24) is 9.13 Å². The third-order valence-electron chi connectivity index (χ3n) is 15.5. The molecule has 0 saturated carbocycles. The van der Waals surface area contributed by atoms with Crippen molar-refractivity contribution in [3.8, 4) is 11.4 Å². The number of anilines is 3. The Balaban J connectivity index is 1.05. The van der Waals surface area contributed by atoms with E-state index < -0.39 is 8.07 Å². The van der Waals surface area contributed by atoms with E-state index in [0.29, 0.717) is 0 Å². The van der Waals surface area contributed by atoms with Gasteiger partial charge in [-0.15, -0.1) is 0 Å². The second-order valence-corrected chi connectivity index (χ2v) is 26.3. The maximum Gasteiger partial charge on any atom is 0.179 e. The fraction of sp³-hybridized carbons (Fsp3) is 0.143. The van der Waals surface area contributed by atoms with Crippen LogP contribution in [0, 0.1) is 13.8 Å². The van der Waals surface area contributed by atoms with Crippen molar-refractivity contribution in [3.05, 3.63) is 259 Å². The lowest BCUT2D eigenvalue weighted by Gasteiger charge is -2.35. The van der Waals surface area contributed by atoms with Crippen LogP contribution in [0.5, 0.6) is 0 Å². The predicted molar refractivity (Wildman–Crippen MR) is 320 cm³/mol. The van der Waals surface area contributed by atoms with Crippen LogP contribution in [-0.4, -0.2) is 17.2 Å². The maximum atomic E-state index is 2.48. The van der Waals surface area contributed by atoms with Gasteiger partial charge in [0.2, 0.25) is 0 Å².